The molecule has 0 aromatic heterocycles. The van der Waals surface area contributed by atoms with Crippen molar-refractivity contribution in [3.05, 3.63) is 114 Å². The van der Waals surface area contributed by atoms with Gasteiger partial charge in [-0.1, -0.05) is 67.4 Å². The molecule has 7 heteroatoms. The quantitative estimate of drug-likeness (QED) is 0.207. The number of phenolic OH excluding ortho intramolecular Hbond substituents is 2. The molecule has 1 radical (unpaired) electrons. The van der Waals surface area contributed by atoms with Gasteiger partial charge in [-0.3, -0.25) is 9.98 Å². The summed E-state index contributed by atoms with van der Waals surface area (Å²) >= 11 is 0. The van der Waals surface area contributed by atoms with Crippen molar-refractivity contribution in [2.24, 2.45) is 9.98 Å². The number of benzene rings is 4. The van der Waals surface area contributed by atoms with Crippen LogP contribution in [0.4, 0.5) is 0 Å². The van der Waals surface area contributed by atoms with Gasteiger partial charge >= 0.3 is 0 Å². The van der Waals surface area contributed by atoms with E-state index in [4.69, 9.17) is 4.74 Å². The molecule has 1 saturated carbocycles. The van der Waals surface area contributed by atoms with E-state index < -0.39 is 0 Å². The maximum absolute atomic E-state index is 10.8. The largest absolute Gasteiger partial charge is 0.872 e. The molecule has 0 unspecified atom stereocenters. The van der Waals surface area contributed by atoms with Crippen molar-refractivity contribution in [2.75, 3.05) is 0 Å². The van der Waals surface area contributed by atoms with Gasteiger partial charge in [-0.05, 0) is 61.4 Å². The van der Waals surface area contributed by atoms with Crippen LogP contribution >= 0.6 is 0 Å². The second kappa shape index (κ2) is 15.4. The fourth-order valence-electron chi connectivity index (χ4n) is 4.12. The van der Waals surface area contributed by atoms with Crippen molar-refractivity contribution in [1.29, 1.82) is 0 Å². The summed E-state index contributed by atoms with van der Waals surface area (Å²) in [5, 5.41) is 30.5. The Balaban J connectivity index is 0.000000239. The van der Waals surface area contributed by atoms with E-state index in [-0.39, 0.29) is 46.4 Å². The maximum Gasteiger partial charge on any atom is 0.127 e. The van der Waals surface area contributed by atoms with E-state index in [1.165, 1.54) is 12.1 Å². The molecule has 6 nitrogen and oxygen atoms in total. The molecule has 1 aliphatic rings. The van der Waals surface area contributed by atoms with Crippen molar-refractivity contribution in [3.63, 3.8) is 0 Å². The summed E-state index contributed by atoms with van der Waals surface area (Å²) < 4.78 is 5.49. The third-order valence-corrected chi connectivity index (χ3v) is 6.18. The fourth-order valence-corrected chi connectivity index (χ4v) is 4.12. The summed E-state index contributed by atoms with van der Waals surface area (Å²) in [4.78, 5) is 9.34. The van der Waals surface area contributed by atoms with Crippen LogP contribution in [0.5, 0.6) is 28.7 Å². The van der Waals surface area contributed by atoms with Crippen LogP contribution in [-0.4, -0.2) is 34.7 Å². The number of hydrogen-bond acceptors (Lipinski definition) is 6. The first kappa shape index (κ1) is 29.5. The number of para-hydroxylation sites is 3. The van der Waals surface area contributed by atoms with Gasteiger partial charge in [0.15, 0.2) is 0 Å². The summed E-state index contributed by atoms with van der Waals surface area (Å²) in [5.41, 5.74) is 1.46. The Morgan fingerprint density at radius 3 is 1.54 bits per heavy atom. The molecule has 201 valence electrons. The molecule has 1 aliphatic carbocycles. The van der Waals surface area contributed by atoms with E-state index in [1.807, 2.05) is 54.6 Å². The molecule has 0 saturated heterocycles. The molecule has 4 aromatic carbocycles. The minimum atomic E-state index is -0.00888. The van der Waals surface area contributed by atoms with Crippen LogP contribution in [0.2, 0.25) is 0 Å². The first-order valence-electron chi connectivity index (χ1n) is 12.7. The Morgan fingerprint density at radius 1 is 0.615 bits per heavy atom. The van der Waals surface area contributed by atoms with E-state index in [9.17, 15) is 15.3 Å². The molecule has 1 fully saturated rings. The zero-order chi connectivity index (χ0) is 26.6. The predicted molar refractivity (Wildman–Crippen MR) is 150 cm³/mol. The molecule has 0 bridgehead atoms. The van der Waals surface area contributed by atoms with Crippen LogP contribution in [-0.2, 0) is 17.1 Å². The van der Waals surface area contributed by atoms with Crippen molar-refractivity contribution in [1.82, 2.24) is 0 Å². The molecule has 0 spiro atoms. The zero-order valence-corrected chi connectivity index (χ0v) is 22.6. The van der Waals surface area contributed by atoms with E-state index in [0.29, 0.717) is 5.75 Å². The average molecular weight is 563 g/mol. The molecule has 2 atom stereocenters. The predicted octanol–water partition coefficient (Wildman–Crippen LogP) is 6.50. The van der Waals surface area contributed by atoms with Crippen LogP contribution in [0.15, 0.2) is 113 Å². The number of phenols is 2. The molecule has 4 aromatic rings. The Hall–Kier alpha value is -4.06. The van der Waals surface area contributed by atoms with Crippen molar-refractivity contribution in [2.45, 2.75) is 37.8 Å². The number of rotatable bonds is 6. The topological polar surface area (TPSA) is 97.5 Å². The van der Waals surface area contributed by atoms with E-state index in [0.717, 1.165) is 42.6 Å². The minimum absolute atomic E-state index is 0. The van der Waals surface area contributed by atoms with Gasteiger partial charge in [0.05, 0.1) is 12.1 Å². The average Bonchev–Trinajstić information content (AvgIpc) is 2.95. The van der Waals surface area contributed by atoms with Crippen LogP contribution < -0.4 is 9.84 Å². The Morgan fingerprint density at radius 2 is 1.05 bits per heavy atom. The van der Waals surface area contributed by atoms with Gasteiger partial charge in [0.2, 0.25) is 0 Å². The van der Waals surface area contributed by atoms with Crippen molar-refractivity contribution < 1.29 is 37.1 Å². The molecular weight excluding hydrogens is 531 g/mol. The molecule has 0 heterocycles. The number of ether oxygens (including phenoxy) is 1. The van der Waals surface area contributed by atoms with Gasteiger partial charge in [-0.15, -0.1) is 5.75 Å². The number of aliphatic imine (C=N–C) groups is 2. The van der Waals surface area contributed by atoms with Gasteiger partial charge in [0, 0.05) is 40.6 Å². The van der Waals surface area contributed by atoms with Gasteiger partial charge in [-0.2, -0.15) is 0 Å². The monoisotopic (exact) mass is 562 g/mol. The van der Waals surface area contributed by atoms with E-state index >= 15 is 0 Å². The second-order valence-electron chi connectivity index (χ2n) is 8.98. The number of nitrogens with zero attached hydrogens (tertiary/aromatic N) is 2. The second-order valence-corrected chi connectivity index (χ2v) is 8.98. The minimum Gasteiger partial charge on any atom is -0.872 e. The first-order valence-corrected chi connectivity index (χ1v) is 12.7. The van der Waals surface area contributed by atoms with Crippen molar-refractivity contribution >= 4 is 12.4 Å². The number of aromatic hydroxyl groups is 2. The third-order valence-electron chi connectivity index (χ3n) is 6.18. The molecule has 0 aliphatic heterocycles. The van der Waals surface area contributed by atoms with Crippen molar-refractivity contribution in [3.8, 4) is 28.7 Å². The molecular formula is C32H31MnN2O4-. The van der Waals surface area contributed by atoms with Gasteiger partial charge in [0.1, 0.15) is 23.0 Å². The fraction of sp³-hybridized carbons (Fsp3) is 0.188. The third kappa shape index (κ3) is 9.32. The van der Waals surface area contributed by atoms with Gasteiger partial charge in [0.25, 0.3) is 0 Å². The Labute approximate surface area is 239 Å². The van der Waals surface area contributed by atoms with E-state index in [2.05, 4.69) is 9.98 Å². The molecule has 2 N–H and O–H groups in total. The summed E-state index contributed by atoms with van der Waals surface area (Å²) in [5.74, 6) is 1.92. The van der Waals surface area contributed by atoms with Gasteiger partial charge < -0.3 is 20.1 Å². The van der Waals surface area contributed by atoms with E-state index in [1.54, 1.807) is 48.8 Å². The summed E-state index contributed by atoms with van der Waals surface area (Å²) in [6, 6.07) is 30.4. The SMILES string of the molecule is Oc1ccccc1C=N[C@@H]1CCCC[C@H]1N=Cc1ccccc1O.[Mn].[O-]c1ccc(Oc2ccccc2)cc1. The summed E-state index contributed by atoms with van der Waals surface area (Å²) in [7, 11) is 0. The Kier molecular flexibility index (Phi) is 11.6. The zero-order valence-electron chi connectivity index (χ0n) is 21.4. The molecule has 39 heavy (non-hydrogen) atoms. The molecule has 5 rings (SSSR count). The standard InChI is InChI=1S/C20H22N2O2.C12H10O2.Mn/c23-19-11-5-1-7-15(19)13-21-17-9-3-4-10-18(17)22-14-16-8-2-6-12-20(16)24;13-10-6-8-12(9-7-10)14-11-4-2-1-3-5-11;/h1-2,5-8,11-14,17-18,23-24H,3-4,9-10H2;1-9,13H;/p-1/t17-,18-;;/m1../s1. The van der Waals surface area contributed by atoms with Gasteiger partial charge in [-0.25, -0.2) is 0 Å². The van der Waals surface area contributed by atoms with Crippen LogP contribution in [0.1, 0.15) is 36.8 Å². The number of hydrogen-bond donors (Lipinski definition) is 2. The Bertz CT molecular complexity index is 1280. The van der Waals surface area contributed by atoms with Crippen LogP contribution in [0.25, 0.3) is 0 Å². The normalized spacial score (nSPS) is 16.7. The summed E-state index contributed by atoms with van der Waals surface area (Å²) in [6.07, 6.45) is 7.76. The summed E-state index contributed by atoms with van der Waals surface area (Å²) in [6.45, 7) is 0. The van der Waals surface area contributed by atoms with Crippen LogP contribution in [0, 0.1) is 0 Å². The first-order chi connectivity index (χ1) is 18.6. The maximum atomic E-state index is 10.8. The molecule has 0 amide bonds. The van der Waals surface area contributed by atoms with Crippen LogP contribution in [0.3, 0.4) is 0 Å². The smallest absolute Gasteiger partial charge is 0.127 e.